The number of nitro benzene ring substituents is 1. The summed E-state index contributed by atoms with van der Waals surface area (Å²) in [7, 11) is 1.66. The second-order valence-corrected chi connectivity index (χ2v) is 5.10. The van der Waals surface area contributed by atoms with Gasteiger partial charge in [-0.3, -0.25) is 10.1 Å². The summed E-state index contributed by atoms with van der Waals surface area (Å²) in [6.07, 6.45) is 2.94. The molecule has 21 heavy (non-hydrogen) atoms. The fraction of sp³-hybridized carbons (Fsp3) is 0.500. The maximum atomic E-state index is 11.3. The highest BCUT2D eigenvalue weighted by atomic mass is 16.6. The lowest BCUT2D eigenvalue weighted by Crippen LogP contribution is -2.34. The Kier molecular flexibility index (Phi) is 4.74. The molecule has 0 aromatic heterocycles. The molecule has 7 heteroatoms. The van der Waals surface area contributed by atoms with Crippen LogP contribution in [-0.2, 0) is 4.74 Å². The SMILES string of the molecule is CN(CC1CCCCO1)c1c(C(=O)O)cccc1[N+](=O)[O-]. The fourth-order valence-corrected chi connectivity index (χ4v) is 2.60. The van der Waals surface area contributed by atoms with E-state index in [4.69, 9.17) is 4.74 Å². The van der Waals surface area contributed by atoms with Gasteiger partial charge in [-0.2, -0.15) is 0 Å². The number of carbonyl (C=O) groups is 1. The molecule has 1 aliphatic rings. The van der Waals surface area contributed by atoms with Crippen LogP contribution in [0.3, 0.4) is 0 Å². The second-order valence-electron chi connectivity index (χ2n) is 5.10. The van der Waals surface area contributed by atoms with Crippen molar-refractivity contribution in [1.29, 1.82) is 0 Å². The molecular weight excluding hydrogens is 276 g/mol. The third kappa shape index (κ3) is 3.49. The topological polar surface area (TPSA) is 92.9 Å². The molecule has 2 rings (SSSR count). The molecule has 0 aliphatic carbocycles. The number of carboxylic acid groups (broad SMARTS) is 1. The summed E-state index contributed by atoms with van der Waals surface area (Å²) >= 11 is 0. The van der Waals surface area contributed by atoms with Crippen molar-refractivity contribution in [2.24, 2.45) is 0 Å². The van der Waals surface area contributed by atoms with Gasteiger partial charge in [-0.15, -0.1) is 0 Å². The Labute approximate surface area is 122 Å². The van der Waals surface area contributed by atoms with Gasteiger partial charge in [0.15, 0.2) is 0 Å². The Morgan fingerprint density at radius 3 is 2.86 bits per heavy atom. The number of para-hydroxylation sites is 1. The van der Waals surface area contributed by atoms with Gasteiger partial charge < -0.3 is 14.7 Å². The number of aromatic carboxylic acids is 1. The number of hydrogen-bond acceptors (Lipinski definition) is 5. The van der Waals surface area contributed by atoms with Gasteiger partial charge in [0.25, 0.3) is 5.69 Å². The third-order valence-electron chi connectivity index (χ3n) is 3.58. The van der Waals surface area contributed by atoms with Crippen LogP contribution in [0.2, 0.25) is 0 Å². The number of ether oxygens (including phenoxy) is 1. The number of benzene rings is 1. The molecule has 0 radical (unpaired) electrons. The van der Waals surface area contributed by atoms with Crippen LogP contribution in [-0.4, -0.2) is 42.3 Å². The first-order valence-electron chi connectivity index (χ1n) is 6.84. The molecule has 1 aromatic rings. The lowest BCUT2D eigenvalue weighted by Gasteiger charge is -2.29. The predicted octanol–water partition coefficient (Wildman–Crippen LogP) is 2.30. The highest BCUT2D eigenvalue weighted by Gasteiger charge is 2.26. The largest absolute Gasteiger partial charge is 0.478 e. The van der Waals surface area contributed by atoms with Crippen molar-refractivity contribution in [3.63, 3.8) is 0 Å². The Bertz CT molecular complexity index is 508. The Hall–Kier alpha value is -2.15. The summed E-state index contributed by atoms with van der Waals surface area (Å²) < 4.78 is 5.61. The summed E-state index contributed by atoms with van der Waals surface area (Å²) in [5.74, 6) is -1.18. The van der Waals surface area contributed by atoms with Crippen molar-refractivity contribution in [3.05, 3.63) is 33.9 Å². The summed E-state index contributed by atoms with van der Waals surface area (Å²) in [5.41, 5.74) is -0.139. The molecule has 1 aromatic carbocycles. The van der Waals surface area contributed by atoms with Gasteiger partial charge in [0.2, 0.25) is 0 Å². The molecule has 7 nitrogen and oxygen atoms in total. The van der Waals surface area contributed by atoms with Crippen LogP contribution >= 0.6 is 0 Å². The van der Waals surface area contributed by atoms with Crippen LogP contribution in [0.15, 0.2) is 18.2 Å². The quantitative estimate of drug-likeness (QED) is 0.661. The zero-order valence-corrected chi connectivity index (χ0v) is 11.8. The zero-order chi connectivity index (χ0) is 15.4. The average molecular weight is 294 g/mol. The molecular formula is C14H18N2O5. The van der Waals surface area contributed by atoms with Gasteiger partial charge in [-0.05, 0) is 25.3 Å². The van der Waals surface area contributed by atoms with Crippen molar-refractivity contribution < 1.29 is 19.6 Å². The van der Waals surface area contributed by atoms with Gasteiger partial charge >= 0.3 is 5.97 Å². The molecule has 0 amide bonds. The summed E-state index contributed by atoms with van der Waals surface area (Å²) in [4.78, 5) is 23.5. The van der Waals surface area contributed by atoms with Crippen molar-refractivity contribution >= 4 is 17.3 Å². The maximum Gasteiger partial charge on any atom is 0.338 e. The van der Waals surface area contributed by atoms with Gasteiger partial charge in [-0.1, -0.05) is 6.07 Å². The van der Waals surface area contributed by atoms with E-state index < -0.39 is 10.9 Å². The van der Waals surface area contributed by atoms with Gasteiger partial charge in [0.05, 0.1) is 16.6 Å². The minimum atomic E-state index is -1.18. The minimum absolute atomic E-state index is 0.0230. The number of nitrogens with zero attached hydrogens (tertiary/aromatic N) is 2. The van der Waals surface area contributed by atoms with Crippen LogP contribution in [0.1, 0.15) is 29.6 Å². The lowest BCUT2D eigenvalue weighted by molar-refractivity contribution is -0.384. The van der Waals surface area contributed by atoms with Crippen LogP contribution in [0.25, 0.3) is 0 Å². The molecule has 1 saturated heterocycles. The lowest BCUT2D eigenvalue weighted by atomic mass is 10.1. The van der Waals surface area contributed by atoms with Crippen LogP contribution in [0.5, 0.6) is 0 Å². The van der Waals surface area contributed by atoms with Crippen molar-refractivity contribution in [2.45, 2.75) is 25.4 Å². The molecule has 1 unspecified atom stereocenters. The number of likely N-dealkylation sites (N-methyl/N-ethyl adjacent to an activating group) is 1. The van der Waals surface area contributed by atoms with E-state index in [1.54, 1.807) is 11.9 Å². The number of hydrogen-bond donors (Lipinski definition) is 1. The molecule has 114 valence electrons. The van der Waals surface area contributed by atoms with E-state index in [0.29, 0.717) is 13.2 Å². The first kappa shape index (κ1) is 15.2. The normalized spacial score (nSPS) is 18.2. The van der Waals surface area contributed by atoms with Gasteiger partial charge in [0.1, 0.15) is 5.69 Å². The van der Waals surface area contributed by atoms with E-state index in [1.807, 2.05) is 0 Å². The monoisotopic (exact) mass is 294 g/mol. The van der Waals surface area contributed by atoms with Crippen molar-refractivity contribution in [2.75, 3.05) is 25.1 Å². The molecule has 1 heterocycles. The summed E-state index contributed by atoms with van der Waals surface area (Å²) in [6, 6.07) is 4.08. The maximum absolute atomic E-state index is 11.3. The highest BCUT2D eigenvalue weighted by molar-refractivity contribution is 5.97. The Balaban J connectivity index is 2.30. The average Bonchev–Trinajstić information content (AvgIpc) is 2.47. The summed E-state index contributed by atoms with van der Waals surface area (Å²) in [6.45, 7) is 1.12. The highest BCUT2D eigenvalue weighted by Crippen LogP contribution is 2.32. The van der Waals surface area contributed by atoms with Crippen LogP contribution < -0.4 is 4.90 Å². The molecule has 1 N–H and O–H groups in total. The zero-order valence-electron chi connectivity index (χ0n) is 11.8. The minimum Gasteiger partial charge on any atom is -0.478 e. The number of anilines is 1. The molecule has 1 atom stereocenters. The molecule has 0 spiro atoms. The number of rotatable bonds is 5. The van der Waals surface area contributed by atoms with E-state index in [-0.39, 0.29) is 23.0 Å². The number of nitro groups is 1. The van der Waals surface area contributed by atoms with E-state index in [2.05, 4.69) is 0 Å². The summed E-state index contributed by atoms with van der Waals surface area (Å²) in [5, 5.41) is 20.4. The molecule has 0 bridgehead atoms. The molecule has 0 saturated carbocycles. The first-order chi connectivity index (χ1) is 10.0. The molecule has 1 aliphatic heterocycles. The molecule has 1 fully saturated rings. The third-order valence-corrected chi connectivity index (χ3v) is 3.58. The van der Waals surface area contributed by atoms with Crippen molar-refractivity contribution in [3.8, 4) is 0 Å². The van der Waals surface area contributed by atoms with Crippen molar-refractivity contribution in [1.82, 2.24) is 0 Å². The van der Waals surface area contributed by atoms with E-state index in [9.17, 15) is 20.0 Å². The Morgan fingerprint density at radius 1 is 1.52 bits per heavy atom. The van der Waals surface area contributed by atoms with E-state index >= 15 is 0 Å². The Morgan fingerprint density at radius 2 is 2.29 bits per heavy atom. The predicted molar refractivity (Wildman–Crippen MR) is 76.9 cm³/mol. The number of carboxylic acids is 1. The second kappa shape index (κ2) is 6.53. The standard InChI is InChI=1S/C14H18N2O5/c1-15(9-10-5-2-3-8-21-10)13-11(14(17)18)6-4-7-12(13)16(19)20/h4,6-7,10H,2-3,5,8-9H2,1H3,(H,17,18). The first-order valence-corrected chi connectivity index (χ1v) is 6.84. The van der Waals surface area contributed by atoms with Crippen LogP contribution in [0.4, 0.5) is 11.4 Å². The van der Waals surface area contributed by atoms with E-state index in [0.717, 1.165) is 19.3 Å². The van der Waals surface area contributed by atoms with Gasteiger partial charge in [-0.25, -0.2) is 4.79 Å². The van der Waals surface area contributed by atoms with E-state index in [1.165, 1.54) is 18.2 Å². The van der Waals surface area contributed by atoms with Crippen LogP contribution in [0, 0.1) is 10.1 Å². The smallest absolute Gasteiger partial charge is 0.338 e. The van der Waals surface area contributed by atoms with Gasteiger partial charge in [0, 0.05) is 26.3 Å². The fourth-order valence-electron chi connectivity index (χ4n) is 2.60.